The molecule has 0 aliphatic carbocycles. The second kappa shape index (κ2) is 7.12. The molecule has 8 nitrogen and oxygen atoms in total. The number of carbonyl (C=O) groups is 1. The number of nitrogens with zero attached hydrogens (tertiary/aromatic N) is 2. The quantitative estimate of drug-likeness (QED) is 0.737. The first-order valence-corrected chi connectivity index (χ1v) is 8.71. The smallest absolute Gasteiger partial charge is 0.327 e. The third kappa shape index (κ3) is 4.63. The van der Waals surface area contributed by atoms with Gasteiger partial charge in [0.1, 0.15) is 6.67 Å². The Morgan fingerprint density at radius 1 is 1.42 bits per heavy atom. The maximum atomic E-state index is 12.4. The van der Waals surface area contributed by atoms with E-state index in [0.29, 0.717) is 5.69 Å². The normalized spacial score (nSPS) is 14.7. The van der Waals surface area contributed by atoms with Gasteiger partial charge in [0.15, 0.2) is 0 Å². The van der Waals surface area contributed by atoms with Gasteiger partial charge in [-0.1, -0.05) is 6.07 Å². The van der Waals surface area contributed by atoms with Crippen molar-refractivity contribution >= 4 is 28.0 Å². The summed E-state index contributed by atoms with van der Waals surface area (Å²) in [6, 6.07) is 5.47. The lowest BCUT2D eigenvalue weighted by atomic mass is 10.1. The van der Waals surface area contributed by atoms with E-state index in [1.165, 1.54) is 23.1 Å². The Morgan fingerprint density at radius 2 is 2.17 bits per heavy atom. The van der Waals surface area contributed by atoms with Crippen LogP contribution in [-0.4, -0.2) is 49.5 Å². The number of allylic oxidation sites excluding steroid dienone is 1. The first-order chi connectivity index (χ1) is 11.2. The maximum Gasteiger partial charge on any atom is 0.327 e. The number of nitrogens with one attached hydrogen (secondary N) is 2. The number of anilines is 1. The molecule has 1 aromatic carbocycles. The van der Waals surface area contributed by atoms with Crippen LogP contribution in [0.5, 0.6) is 0 Å². The van der Waals surface area contributed by atoms with Gasteiger partial charge in [-0.25, -0.2) is 17.9 Å². The molecule has 130 valence electrons. The van der Waals surface area contributed by atoms with Gasteiger partial charge in [0.05, 0.1) is 17.0 Å². The van der Waals surface area contributed by atoms with Crippen LogP contribution >= 0.6 is 0 Å². The molecular formula is C15H20N4O4S. The molecule has 1 aromatic rings. The molecule has 0 atom stereocenters. The summed E-state index contributed by atoms with van der Waals surface area (Å²) >= 11 is 0. The number of aliphatic hydroxyl groups excluding tert-OH is 1. The first kappa shape index (κ1) is 18.1. The molecule has 0 unspecified atom stereocenters. The van der Waals surface area contributed by atoms with E-state index >= 15 is 0 Å². The molecule has 2 amide bonds. The number of benzene rings is 1. The number of aliphatic hydroxyl groups is 1. The number of rotatable bonds is 5. The monoisotopic (exact) mass is 352 g/mol. The fourth-order valence-corrected chi connectivity index (χ4v) is 3.36. The molecule has 0 saturated carbocycles. The fourth-order valence-electron chi connectivity index (χ4n) is 1.91. The van der Waals surface area contributed by atoms with Gasteiger partial charge in [-0.05, 0) is 38.1 Å². The number of urea groups is 1. The van der Waals surface area contributed by atoms with Crippen molar-refractivity contribution in [3.05, 3.63) is 36.5 Å². The Labute approximate surface area is 140 Å². The van der Waals surface area contributed by atoms with Gasteiger partial charge in [0.2, 0.25) is 10.0 Å². The van der Waals surface area contributed by atoms with Crippen molar-refractivity contribution in [1.29, 1.82) is 0 Å². The first-order valence-electron chi connectivity index (χ1n) is 7.23. The minimum Gasteiger partial charge on any atom is -0.394 e. The zero-order valence-electron chi connectivity index (χ0n) is 13.4. The van der Waals surface area contributed by atoms with Crippen LogP contribution < -0.4 is 10.0 Å². The molecule has 1 aliphatic heterocycles. The van der Waals surface area contributed by atoms with Crippen LogP contribution in [0.1, 0.15) is 13.8 Å². The van der Waals surface area contributed by atoms with E-state index in [4.69, 9.17) is 0 Å². The number of amides is 2. The van der Waals surface area contributed by atoms with E-state index in [2.05, 4.69) is 15.0 Å². The van der Waals surface area contributed by atoms with E-state index in [0.717, 1.165) is 0 Å². The third-order valence-corrected chi connectivity index (χ3v) is 4.85. The third-order valence-electron chi connectivity index (χ3n) is 3.15. The molecule has 1 aliphatic rings. The lowest BCUT2D eigenvalue weighted by molar-refractivity contribution is 0.208. The predicted octanol–water partition coefficient (Wildman–Crippen LogP) is 1.13. The molecule has 3 N–H and O–H groups in total. The van der Waals surface area contributed by atoms with Crippen molar-refractivity contribution in [2.24, 2.45) is 4.99 Å². The Kier molecular flexibility index (Phi) is 5.37. The fraction of sp³-hybridized carbons (Fsp3) is 0.333. The van der Waals surface area contributed by atoms with Crippen molar-refractivity contribution in [3.8, 4) is 0 Å². The van der Waals surface area contributed by atoms with E-state index in [-0.39, 0.29) is 18.2 Å². The summed E-state index contributed by atoms with van der Waals surface area (Å²) in [6.45, 7) is 3.00. The van der Waals surface area contributed by atoms with Crippen LogP contribution in [0.3, 0.4) is 0 Å². The summed E-state index contributed by atoms with van der Waals surface area (Å²) in [5, 5.41) is 11.8. The summed E-state index contributed by atoms with van der Waals surface area (Å²) in [4.78, 5) is 17.4. The second-order valence-corrected chi connectivity index (χ2v) is 7.57. The minimum atomic E-state index is -3.83. The molecule has 0 spiro atoms. The summed E-state index contributed by atoms with van der Waals surface area (Å²) < 4.78 is 27.2. The lowest BCUT2D eigenvalue weighted by Gasteiger charge is -2.23. The zero-order chi connectivity index (χ0) is 17.8. The van der Waals surface area contributed by atoms with Gasteiger partial charge in [-0.2, -0.15) is 0 Å². The zero-order valence-corrected chi connectivity index (χ0v) is 14.2. The topological polar surface area (TPSA) is 111 Å². The summed E-state index contributed by atoms with van der Waals surface area (Å²) in [7, 11) is -3.83. The molecule has 9 heteroatoms. The van der Waals surface area contributed by atoms with Crippen molar-refractivity contribution in [1.82, 2.24) is 9.62 Å². The SMILES string of the molecule is CC(C)(CO)NS(=O)(=O)c1cccc(NC(=O)N2C=CC=NC2)c1. The Hall–Kier alpha value is -2.23. The van der Waals surface area contributed by atoms with E-state index in [1.54, 1.807) is 38.4 Å². The Morgan fingerprint density at radius 3 is 2.79 bits per heavy atom. The van der Waals surface area contributed by atoms with Crippen LogP contribution in [0.4, 0.5) is 10.5 Å². The van der Waals surface area contributed by atoms with Gasteiger partial charge in [0.25, 0.3) is 0 Å². The number of hydrogen-bond donors (Lipinski definition) is 3. The van der Waals surface area contributed by atoms with Crippen LogP contribution in [-0.2, 0) is 10.0 Å². The Balaban J connectivity index is 2.15. The van der Waals surface area contributed by atoms with Gasteiger partial charge in [-0.15, -0.1) is 0 Å². The predicted molar refractivity (Wildman–Crippen MR) is 91.3 cm³/mol. The molecule has 0 aromatic heterocycles. The van der Waals surface area contributed by atoms with E-state index in [1.807, 2.05) is 0 Å². The molecule has 0 bridgehead atoms. The lowest BCUT2D eigenvalue weighted by Crippen LogP contribution is -2.46. The maximum absolute atomic E-state index is 12.4. The minimum absolute atomic E-state index is 0.00553. The van der Waals surface area contributed by atoms with E-state index in [9.17, 15) is 18.3 Å². The largest absolute Gasteiger partial charge is 0.394 e. The molecule has 1 heterocycles. The Bertz CT molecular complexity index is 771. The van der Waals surface area contributed by atoms with Crippen LogP contribution in [0, 0.1) is 0 Å². The summed E-state index contributed by atoms with van der Waals surface area (Å²) in [5.74, 6) is 0. The second-order valence-electron chi connectivity index (χ2n) is 5.89. The van der Waals surface area contributed by atoms with Crippen molar-refractivity contribution in [2.75, 3.05) is 18.6 Å². The molecule has 2 rings (SSSR count). The molecule has 24 heavy (non-hydrogen) atoms. The van der Waals surface area contributed by atoms with Gasteiger partial charge in [-0.3, -0.25) is 9.89 Å². The molecule has 0 radical (unpaired) electrons. The highest BCUT2D eigenvalue weighted by molar-refractivity contribution is 7.89. The van der Waals surface area contributed by atoms with Gasteiger partial charge < -0.3 is 10.4 Å². The van der Waals surface area contributed by atoms with E-state index < -0.39 is 21.6 Å². The van der Waals surface area contributed by atoms with Gasteiger partial charge in [0, 0.05) is 18.1 Å². The highest BCUT2D eigenvalue weighted by Crippen LogP contribution is 2.18. The number of sulfonamides is 1. The van der Waals surface area contributed by atoms with Gasteiger partial charge >= 0.3 is 6.03 Å². The standard InChI is InChI=1S/C15H20N4O4S/c1-15(2,10-20)18-24(22,23)13-6-3-5-12(9-13)17-14(21)19-8-4-7-16-11-19/h3-9,18,20H,10-11H2,1-2H3,(H,17,21). The average molecular weight is 352 g/mol. The van der Waals surface area contributed by atoms with Crippen LogP contribution in [0.2, 0.25) is 0 Å². The number of carbonyl (C=O) groups excluding carboxylic acids is 1. The number of hydrogen-bond acceptors (Lipinski definition) is 5. The highest BCUT2D eigenvalue weighted by Gasteiger charge is 2.25. The summed E-state index contributed by atoms with van der Waals surface area (Å²) in [6.07, 6.45) is 4.80. The number of aliphatic imine (C=N–C) groups is 1. The summed E-state index contributed by atoms with van der Waals surface area (Å²) in [5.41, 5.74) is -0.651. The van der Waals surface area contributed by atoms with Crippen molar-refractivity contribution in [2.45, 2.75) is 24.3 Å². The van der Waals surface area contributed by atoms with Crippen molar-refractivity contribution in [3.63, 3.8) is 0 Å². The van der Waals surface area contributed by atoms with Crippen molar-refractivity contribution < 1.29 is 18.3 Å². The molecule has 0 saturated heterocycles. The highest BCUT2D eigenvalue weighted by atomic mass is 32.2. The van der Waals surface area contributed by atoms with Crippen LogP contribution in [0.15, 0.2) is 46.4 Å². The molecule has 0 fully saturated rings. The molecular weight excluding hydrogens is 332 g/mol. The van der Waals surface area contributed by atoms with Crippen LogP contribution in [0.25, 0.3) is 0 Å². The average Bonchev–Trinajstić information content (AvgIpc) is 2.55.